The van der Waals surface area contributed by atoms with E-state index in [1.165, 1.54) is 18.2 Å². The molecule has 0 aliphatic heterocycles. The molecule has 120 valence electrons. The fraction of sp³-hybridized carbons (Fsp3) is 0.571. The van der Waals surface area contributed by atoms with Crippen molar-refractivity contribution in [1.29, 1.82) is 0 Å². The average Bonchev–Trinajstić information content (AvgIpc) is 2.36. The molecule has 21 heavy (non-hydrogen) atoms. The summed E-state index contributed by atoms with van der Waals surface area (Å²) in [6.45, 7) is 9.36. The van der Waals surface area contributed by atoms with Gasteiger partial charge in [-0.2, -0.15) is 0 Å². The van der Waals surface area contributed by atoms with Gasteiger partial charge in [0, 0.05) is 25.2 Å². The number of nitrogens with zero attached hydrogens (tertiary/aromatic N) is 1. The van der Waals surface area contributed by atoms with Gasteiger partial charge in [0.25, 0.3) is 0 Å². The first kappa shape index (κ1) is 18.2. The van der Waals surface area contributed by atoms with E-state index in [1.807, 2.05) is 0 Å². The van der Waals surface area contributed by atoms with Crippen molar-refractivity contribution in [2.75, 3.05) is 18.8 Å². The summed E-state index contributed by atoms with van der Waals surface area (Å²) >= 11 is 5.86. The lowest BCUT2D eigenvalue weighted by Gasteiger charge is -2.30. The van der Waals surface area contributed by atoms with E-state index in [9.17, 15) is 8.42 Å². The van der Waals surface area contributed by atoms with Gasteiger partial charge in [-0.1, -0.05) is 11.6 Å². The van der Waals surface area contributed by atoms with Crippen LogP contribution in [0.5, 0.6) is 0 Å². The first-order valence-corrected chi connectivity index (χ1v) is 8.81. The maximum Gasteiger partial charge on any atom is 0.240 e. The first-order valence-electron chi connectivity index (χ1n) is 6.95. The van der Waals surface area contributed by atoms with Crippen LogP contribution < -0.4 is 10.5 Å². The standard InChI is InChI=1S/C14H24ClN3O2S/c1-10(2)18(11(3)4)8-7-17-21(19,20)12-5-6-14(16)13(15)9-12/h5-6,9-11,17H,7-8,16H2,1-4H3. The summed E-state index contributed by atoms with van der Waals surface area (Å²) in [4.78, 5) is 2.35. The van der Waals surface area contributed by atoms with Crippen LogP contribution in [0.4, 0.5) is 5.69 Å². The third-order valence-electron chi connectivity index (χ3n) is 3.27. The molecule has 0 radical (unpaired) electrons. The van der Waals surface area contributed by atoms with Crippen molar-refractivity contribution in [3.05, 3.63) is 23.2 Å². The lowest BCUT2D eigenvalue weighted by atomic mass is 10.2. The molecule has 5 nitrogen and oxygen atoms in total. The zero-order valence-electron chi connectivity index (χ0n) is 12.9. The number of nitrogens with two attached hydrogens (primary N) is 1. The molecule has 0 atom stereocenters. The normalized spacial score (nSPS) is 12.6. The highest BCUT2D eigenvalue weighted by Crippen LogP contribution is 2.22. The summed E-state index contributed by atoms with van der Waals surface area (Å²) in [6.07, 6.45) is 0. The van der Waals surface area contributed by atoms with E-state index in [0.717, 1.165) is 0 Å². The van der Waals surface area contributed by atoms with Gasteiger partial charge in [-0.25, -0.2) is 13.1 Å². The van der Waals surface area contributed by atoms with Crippen LogP contribution in [0.3, 0.4) is 0 Å². The molecule has 1 aromatic carbocycles. The first-order chi connectivity index (χ1) is 9.65. The molecule has 0 saturated heterocycles. The van der Waals surface area contributed by atoms with Gasteiger partial charge in [0.05, 0.1) is 15.6 Å². The summed E-state index contributed by atoms with van der Waals surface area (Å²) in [5.74, 6) is 0. The van der Waals surface area contributed by atoms with Gasteiger partial charge >= 0.3 is 0 Å². The second-order valence-electron chi connectivity index (χ2n) is 5.51. The number of benzene rings is 1. The van der Waals surface area contributed by atoms with Crippen molar-refractivity contribution >= 4 is 27.3 Å². The molecule has 3 N–H and O–H groups in total. The minimum Gasteiger partial charge on any atom is -0.398 e. The van der Waals surface area contributed by atoms with Crippen molar-refractivity contribution in [2.24, 2.45) is 0 Å². The zero-order chi connectivity index (χ0) is 16.2. The highest BCUT2D eigenvalue weighted by atomic mass is 35.5. The summed E-state index contributed by atoms with van der Waals surface area (Å²) in [5, 5.41) is 0.240. The van der Waals surface area contributed by atoms with Gasteiger partial charge in [-0.3, -0.25) is 4.90 Å². The van der Waals surface area contributed by atoms with Crippen LogP contribution in [0.1, 0.15) is 27.7 Å². The second-order valence-corrected chi connectivity index (χ2v) is 7.68. The second kappa shape index (κ2) is 7.45. The molecule has 0 bridgehead atoms. The predicted molar refractivity (Wildman–Crippen MR) is 88.0 cm³/mol. The molecule has 0 heterocycles. The molecule has 0 aliphatic rings. The Labute approximate surface area is 132 Å². The number of nitrogens with one attached hydrogen (secondary N) is 1. The van der Waals surface area contributed by atoms with E-state index in [-0.39, 0.29) is 9.92 Å². The maximum absolute atomic E-state index is 12.2. The molecule has 0 unspecified atom stereocenters. The van der Waals surface area contributed by atoms with Crippen molar-refractivity contribution in [2.45, 2.75) is 44.7 Å². The Morgan fingerprint density at radius 3 is 2.29 bits per heavy atom. The van der Waals surface area contributed by atoms with E-state index >= 15 is 0 Å². The number of rotatable bonds is 7. The number of hydrogen-bond acceptors (Lipinski definition) is 4. The van der Waals surface area contributed by atoms with Gasteiger partial charge < -0.3 is 5.73 Å². The monoisotopic (exact) mass is 333 g/mol. The van der Waals surface area contributed by atoms with Gasteiger partial charge in [0.15, 0.2) is 0 Å². The van der Waals surface area contributed by atoms with E-state index < -0.39 is 10.0 Å². The van der Waals surface area contributed by atoms with Crippen molar-refractivity contribution in [3.8, 4) is 0 Å². The fourth-order valence-electron chi connectivity index (χ4n) is 2.18. The molecule has 1 rings (SSSR count). The quantitative estimate of drug-likeness (QED) is 0.751. The summed E-state index contributed by atoms with van der Waals surface area (Å²) < 4.78 is 27.0. The lowest BCUT2D eigenvalue weighted by molar-refractivity contribution is 0.179. The number of nitrogen functional groups attached to an aromatic ring is 1. The number of hydrogen-bond donors (Lipinski definition) is 2. The molecule has 1 aromatic rings. The number of anilines is 1. The summed E-state index contributed by atoms with van der Waals surface area (Å²) in [5.41, 5.74) is 5.95. The molecular formula is C14H24ClN3O2S. The van der Waals surface area contributed by atoms with Crippen molar-refractivity contribution < 1.29 is 8.42 Å². The smallest absolute Gasteiger partial charge is 0.240 e. The maximum atomic E-state index is 12.2. The summed E-state index contributed by atoms with van der Waals surface area (Å²) in [7, 11) is -3.56. The molecule has 0 aromatic heterocycles. The predicted octanol–water partition coefficient (Wildman–Crippen LogP) is 2.32. The van der Waals surface area contributed by atoms with Crippen molar-refractivity contribution in [1.82, 2.24) is 9.62 Å². The minimum absolute atomic E-state index is 0.127. The molecule has 0 aliphatic carbocycles. The van der Waals surface area contributed by atoms with E-state index in [0.29, 0.717) is 30.9 Å². The van der Waals surface area contributed by atoms with Gasteiger partial charge in [-0.05, 0) is 45.9 Å². The van der Waals surface area contributed by atoms with Crippen LogP contribution in [0.25, 0.3) is 0 Å². The van der Waals surface area contributed by atoms with Gasteiger partial charge in [0.1, 0.15) is 0 Å². The Balaban J connectivity index is 2.71. The topological polar surface area (TPSA) is 75.4 Å². The van der Waals surface area contributed by atoms with Crippen LogP contribution in [0.2, 0.25) is 5.02 Å². The number of halogens is 1. The molecule has 0 fully saturated rings. The Kier molecular flexibility index (Phi) is 6.46. The van der Waals surface area contributed by atoms with Crippen molar-refractivity contribution in [3.63, 3.8) is 0 Å². The third-order valence-corrected chi connectivity index (χ3v) is 5.06. The molecule has 0 spiro atoms. The molecule has 7 heteroatoms. The highest BCUT2D eigenvalue weighted by molar-refractivity contribution is 7.89. The van der Waals surface area contributed by atoms with Crippen LogP contribution in [-0.2, 0) is 10.0 Å². The average molecular weight is 334 g/mol. The number of sulfonamides is 1. The minimum atomic E-state index is -3.56. The molecular weight excluding hydrogens is 310 g/mol. The van der Waals surface area contributed by atoms with Gasteiger partial charge in [-0.15, -0.1) is 0 Å². The molecule has 0 saturated carbocycles. The Morgan fingerprint density at radius 1 is 1.24 bits per heavy atom. The largest absolute Gasteiger partial charge is 0.398 e. The highest BCUT2D eigenvalue weighted by Gasteiger charge is 2.17. The SMILES string of the molecule is CC(C)N(CCNS(=O)(=O)c1ccc(N)c(Cl)c1)C(C)C. The van der Waals surface area contributed by atoms with Crippen LogP contribution in [-0.4, -0.2) is 38.5 Å². The summed E-state index contributed by atoms with van der Waals surface area (Å²) in [6, 6.07) is 5.03. The molecule has 0 amide bonds. The zero-order valence-corrected chi connectivity index (χ0v) is 14.5. The van der Waals surface area contributed by atoms with E-state index in [2.05, 4.69) is 37.3 Å². The van der Waals surface area contributed by atoms with E-state index in [1.54, 1.807) is 0 Å². The fourth-order valence-corrected chi connectivity index (χ4v) is 3.47. The Morgan fingerprint density at radius 2 is 1.81 bits per heavy atom. The van der Waals surface area contributed by atoms with Crippen LogP contribution in [0, 0.1) is 0 Å². The van der Waals surface area contributed by atoms with Crippen LogP contribution in [0.15, 0.2) is 23.1 Å². The van der Waals surface area contributed by atoms with Gasteiger partial charge in [0.2, 0.25) is 10.0 Å². The Hall–Kier alpha value is -0.820. The third kappa shape index (κ3) is 5.14. The van der Waals surface area contributed by atoms with E-state index in [4.69, 9.17) is 17.3 Å². The Bertz CT molecular complexity index is 566. The lowest BCUT2D eigenvalue weighted by Crippen LogP contribution is -2.42. The van der Waals surface area contributed by atoms with Crippen LogP contribution >= 0.6 is 11.6 Å².